The van der Waals surface area contributed by atoms with Crippen LogP contribution in [0.2, 0.25) is 0 Å². The number of ether oxygens (including phenoxy) is 1. The SMILES string of the molecule is CCN(CC)CC(=O)c1cc(C)ccc1OCc1ccccc1F. The number of Topliss-reactive ketones (excluding diaryl/α,β-unsaturated/α-hetero) is 1. The van der Waals surface area contributed by atoms with Gasteiger partial charge in [0.25, 0.3) is 0 Å². The summed E-state index contributed by atoms with van der Waals surface area (Å²) >= 11 is 0. The van der Waals surface area contributed by atoms with Gasteiger partial charge in [0.05, 0.1) is 12.1 Å². The number of carbonyl (C=O) groups excluding carboxylic acids is 1. The number of likely N-dealkylation sites (N-methyl/N-ethyl adjacent to an activating group) is 1. The van der Waals surface area contributed by atoms with Crippen LogP contribution in [0.5, 0.6) is 5.75 Å². The van der Waals surface area contributed by atoms with Gasteiger partial charge in [-0.05, 0) is 38.2 Å². The highest BCUT2D eigenvalue weighted by Gasteiger charge is 2.16. The molecule has 0 aromatic heterocycles. The number of nitrogens with zero attached hydrogens (tertiary/aromatic N) is 1. The van der Waals surface area contributed by atoms with Crippen molar-refractivity contribution in [3.05, 3.63) is 65.0 Å². The minimum atomic E-state index is -0.305. The summed E-state index contributed by atoms with van der Waals surface area (Å²) in [5.74, 6) is 0.215. The van der Waals surface area contributed by atoms with Gasteiger partial charge in [-0.3, -0.25) is 9.69 Å². The van der Waals surface area contributed by atoms with E-state index in [4.69, 9.17) is 4.74 Å². The van der Waals surface area contributed by atoms with Crippen molar-refractivity contribution >= 4 is 5.78 Å². The lowest BCUT2D eigenvalue weighted by atomic mass is 10.1. The summed E-state index contributed by atoms with van der Waals surface area (Å²) in [5, 5.41) is 0. The molecule has 4 heteroatoms. The molecule has 128 valence electrons. The van der Waals surface area contributed by atoms with Crippen LogP contribution in [0.4, 0.5) is 4.39 Å². The van der Waals surface area contributed by atoms with Gasteiger partial charge in [-0.2, -0.15) is 0 Å². The van der Waals surface area contributed by atoms with Crippen molar-refractivity contribution in [1.29, 1.82) is 0 Å². The molecule has 0 amide bonds. The molecule has 2 aromatic carbocycles. The Bertz CT molecular complexity index is 696. The van der Waals surface area contributed by atoms with Crippen molar-refractivity contribution in [3.63, 3.8) is 0 Å². The fraction of sp³-hybridized carbons (Fsp3) is 0.350. The highest BCUT2D eigenvalue weighted by molar-refractivity contribution is 6.00. The maximum absolute atomic E-state index is 13.7. The number of rotatable bonds is 8. The van der Waals surface area contributed by atoms with Crippen molar-refractivity contribution in [2.24, 2.45) is 0 Å². The largest absolute Gasteiger partial charge is 0.488 e. The monoisotopic (exact) mass is 329 g/mol. The molecule has 0 aliphatic carbocycles. The molecule has 0 bridgehead atoms. The molecule has 0 aliphatic heterocycles. The highest BCUT2D eigenvalue weighted by Crippen LogP contribution is 2.23. The second kappa shape index (κ2) is 8.60. The predicted octanol–water partition coefficient (Wildman–Crippen LogP) is 4.24. The van der Waals surface area contributed by atoms with E-state index in [1.807, 2.05) is 32.9 Å². The van der Waals surface area contributed by atoms with Crippen molar-refractivity contribution in [2.45, 2.75) is 27.4 Å². The molecule has 0 saturated heterocycles. The first-order valence-electron chi connectivity index (χ1n) is 8.27. The van der Waals surface area contributed by atoms with Gasteiger partial charge in [0.1, 0.15) is 18.2 Å². The van der Waals surface area contributed by atoms with E-state index in [2.05, 4.69) is 4.90 Å². The molecule has 0 fully saturated rings. The van der Waals surface area contributed by atoms with Crippen LogP contribution in [0.15, 0.2) is 42.5 Å². The fourth-order valence-corrected chi connectivity index (χ4v) is 2.49. The smallest absolute Gasteiger partial charge is 0.180 e. The van der Waals surface area contributed by atoms with Gasteiger partial charge in [-0.15, -0.1) is 0 Å². The van der Waals surface area contributed by atoms with Gasteiger partial charge in [0.15, 0.2) is 5.78 Å². The lowest BCUT2D eigenvalue weighted by molar-refractivity contribution is 0.0933. The highest BCUT2D eigenvalue weighted by atomic mass is 19.1. The van der Waals surface area contributed by atoms with Crippen LogP contribution >= 0.6 is 0 Å². The van der Waals surface area contributed by atoms with Crippen molar-refractivity contribution < 1.29 is 13.9 Å². The van der Waals surface area contributed by atoms with E-state index in [0.717, 1.165) is 18.7 Å². The van der Waals surface area contributed by atoms with Crippen LogP contribution in [-0.2, 0) is 6.61 Å². The van der Waals surface area contributed by atoms with Crippen LogP contribution < -0.4 is 4.74 Å². The Kier molecular flexibility index (Phi) is 6.50. The van der Waals surface area contributed by atoms with Crippen LogP contribution in [-0.4, -0.2) is 30.3 Å². The third-order valence-electron chi connectivity index (χ3n) is 4.04. The van der Waals surface area contributed by atoms with Crippen LogP contribution in [0, 0.1) is 12.7 Å². The average molecular weight is 329 g/mol. The van der Waals surface area contributed by atoms with E-state index in [-0.39, 0.29) is 18.2 Å². The Labute approximate surface area is 143 Å². The molecular formula is C20H24FNO2. The maximum Gasteiger partial charge on any atom is 0.180 e. The van der Waals surface area contributed by atoms with Gasteiger partial charge in [-0.25, -0.2) is 4.39 Å². The van der Waals surface area contributed by atoms with E-state index in [1.165, 1.54) is 6.07 Å². The molecule has 0 spiro atoms. The van der Waals surface area contributed by atoms with Gasteiger partial charge >= 0.3 is 0 Å². The summed E-state index contributed by atoms with van der Waals surface area (Å²) in [6.45, 7) is 8.09. The Balaban J connectivity index is 2.18. The summed E-state index contributed by atoms with van der Waals surface area (Å²) in [4.78, 5) is 14.7. The zero-order chi connectivity index (χ0) is 17.5. The number of carbonyl (C=O) groups is 1. The molecule has 0 heterocycles. The van der Waals surface area contributed by atoms with E-state index in [9.17, 15) is 9.18 Å². The van der Waals surface area contributed by atoms with Crippen LogP contribution in [0.1, 0.15) is 35.3 Å². The summed E-state index contributed by atoms with van der Waals surface area (Å²) in [6, 6.07) is 12.0. The molecule has 0 aliphatic rings. The van der Waals surface area contributed by atoms with Crippen LogP contribution in [0.25, 0.3) is 0 Å². The summed E-state index contributed by atoms with van der Waals surface area (Å²) in [7, 11) is 0. The number of benzene rings is 2. The van der Waals surface area contributed by atoms with E-state index >= 15 is 0 Å². The lowest BCUT2D eigenvalue weighted by Crippen LogP contribution is -2.29. The van der Waals surface area contributed by atoms with Gasteiger partial charge < -0.3 is 4.74 Å². The number of halogens is 1. The summed E-state index contributed by atoms with van der Waals surface area (Å²) in [5.41, 5.74) is 2.02. The molecule has 2 rings (SSSR count). The summed E-state index contributed by atoms with van der Waals surface area (Å²) < 4.78 is 19.5. The number of hydrogen-bond acceptors (Lipinski definition) is 3. The molecule has 24 heavy (non-hydrogen) atoms. The summed E-state index contributed by atoms with van der Waals surface area (Å²) in [6.07, 6.45) is 0. The van der Waals surface area contributed by atoms with E-state index in [1.54, 1.807) is 24.3 Å². The zero-order valence-electron chi connectivity index (χ0n) is 14.5. The van der Waals surface area contributed by atoms with E-state index in [0.29, 0.717) is 23.4 Å². The molecular weight excluding hydrogens is 305 g/mol. The molecule has 0 radical (unpaired) electrons. The van der Waals surface area contributed by atoms with Gasteiger partial charge in [0.2, 0.25) is 0 Å². The average Bonchev–Trinajstić information content (AvgIpc) is 2.59. The maximum atomic E-state index is 13.7. The van der Waals surface area contributed by atoms with Gasteiger partial charge in [-0.1, -0.05) is 43.7 Å². The minimum absolute atomic E-state index is 0.0194. The predicted molar refractivity (Wildman–Crippen MR) is 94.0 cm³/mol. The molecule has 0 saturated carbocycles. The Hall–Kier alpha value is -2.20. The molecule has 0 N–H and O–H groups in total. The first kappa shape index (κ1) is 18.1. The Morgan fingerprint density at radius 1 is 1.12 bits per heavy atom. The first-order valence-corrected chi connectivity index (χ1v) is 8.27. The molecule has 2 aromatic rings. The number of ketones is 1. The Morgan fingerprint density at radius 2 is 1.83 bits per heavy atom. The second-order valence-corrected chi connectivity index (χ2v) is 5.76. The zero-order valence-corrected chi connectivity index (χ0v) is 14.5. The Morgan fingerprint density at radius 3 is 2.50 bits per heavy atom. The number of aryl methyl sites for hydroxylation is 1. The van der Waals surface area contributed by atoms with Crippen molar-refractivity contribution in [1.82, 2.24) is 4.90 Å². The van der Waals surface area contributed by atoms with Crippen molar-refractivity contribution in [3.8, 4) is 5.75 Å². The first-order chi connectivity index (χ1) is 11.5. The van der Waals surface area contributed by atoms with E-state index < -0.39 is 0 Å². The van der Waals surface area contributed by atoms with Gasteiger partial charge in [0, 0.05) is 5.56 Å². The number of hydrogen-bond donors (Lipinski definition) is 0. The molecule has 3 nitrogen and oxygen atoms in total. The second-order valence-electron chi connectivity index (χ2n) is 5.76. The fourth-order valence-electron chi connectivity index (χ4n) is 2.49. The third-order valence-corrected chi connectivity index (χ3v) is 4.04. The minimum Gasteiger partial charge on any atom is -0.488 e. The third kappa shape index (κ3) is 4.65. The lowest BCUT2D eigenvalue weighted by Gasteiger charge is -2.18. The standard InChI is InChI=1S/C20H24FNO2/c1-4-22(5-2)13-19(23)17-12-15(3)10-11-20(17)24-14-16-8-6-7-9-18(16)21/h6-12H,4-5,13-14H2,1-3H3. The van der Waals surface area contributed by atoms with Crippen LogP contribution in [0.3, 0.4) is 0 Å². The van der Waals surface area contributed by atoms with Crippen molar-refractivity contribution in [2.75, 3.05) is 19.6 Å². The quantitative estimate of drug-likeness (QED) is 0.679. The molecule has 0 atom stereocenters. The topological polar surface area (TPSA) is 29.5 Å². The molecule has 0 unspecified atom stereocenters. The normalized spacial score (nSPS) is 10.9.